The minimum absolute atomic E-state index is 0.0804. The number of piperazine rings is 1. The number of likely N-dealkylation sites (N-methyl/N-ethyl adjacent to an activating group) is 1. The number of hydrogen-bond acceptors (Lipinski definition) is 9. The van der Waals surface area contributed by atoms with Gasteiger partial charge in [0.1, 0.15) is 5.75 Å². The van der Waals surface area contributed by atoms with Gasteiger partial charge in [-0.3, -0.25) is 9.10 Å². The van der Waals surface area contributed by atoms with Gasteiger partial charge in [0.15, 0.2) is 0 Å². The number of nitrogens with one attached hydrogen (secondary N) is 1. The lowest BCUT2D eigenvalue weighted by atomic mass is 9.94. The van der Waals surface area contributed by atoms with E-state index in [1.54, 1.807) is 23.9 Å². The van der Waals surface area contributed by atoms with Gasteiger partial charge in [-0.25, -0.2) is 17.9 Å². The number of carbonyl (C=O) groups excluding carboxylic acids is 1. The number of sulfonamides is 1. The van der Waals surface area contributed by atoms with Crippen LogP contribution in [0, 0.1) is 5.92 Å². The molecule has 0 bridgehead atoms. The van der Waals surface area contributed by atoms with Crippen LogP contribution in [0.5, 0.6) is 5.75 Å². The number of hydrogen-bond donors (Lipinski definition) is 1. The summed E-state index contributed by atoms with van der Waals surface area (Å²) in [5.74, 6) is 1.40. The summed E-state index contributed by atoms with van der Waals surface area (Å²) in [5.41, 5.74) is 4.54. The Hall–Kier alpha value is -4.36. The van der Waals surface area contributed by atoms with Crippen LogP contribution in [0.25, 0.3) is 16.8 Å². The topological polar surface area (TPSA) is 116 Å². The van der Waals surface area contributed by atoms with Gasteiger partial charge in [-0.1, -0.05) is 18.2 Å². The minimum atomic E-state index is -3.46. The Morgan fingerprint density at radius 2 is 1.73 bits per heavy atom. The van der Waals surface area contributed by atoms with E-state index in [1.165, 1.54) is 17.6 Å². The molecule has 2 aromatic heterocycles. The molecule has 12 nitrogen and oxygen atoms in total. The first-order valence-electron chi connectivity index (χ1n) is 15.2. The molecule has 2 fully saturated rings. The van der Waals surface area contributed by atoms with E-state index in [9.17, 15) is 13.2 Å². The van der Waals surface area contributed by atoms with Gasteiger partial charge in [0.05, 0.1) is 42.1 Å². The first-order valence-corrected chi connectivity index (χ1v) is 17.0. The molecule has 0 aliphatic carbocycles. The van der Waals surface area contributed by atoms with Gasteiger partial charge < -0.3 is 24.8 Å². The summed E-state index contributed by atoms with van der Waals surface area (Å²) in [5, 5.41) is 8.04. The third-order valence-corrected chi connectivity index (χ3v) is 10.1. The fraction of sp³-hybridized carbons (Fsp3) is 0.406. The molecular weight excluding hydrogens is 592 g/mol. The van der Waals surface area contributed by atoms with E-state index in [0.29, 0.717) is 29.0 Å². The second kappa shape index (κ2) is 12.6. The van der Waals surface area contributed by atoms with Crippen LogP contribution in [0.15, 0.2) is 60.8 Å². The van der Waals surface area contributed by atoms with Gasteiger partial charge in [-0.15, -0.1) is 5.10 Å². The molecule has 13 heteroatoms. The van der Waals surface area contributed by atoms with Crippen molar-refractivity contribution in [1.29, 1.82) is 0 Å². The number of methoxy groups -OCH3 is 1. The number of anilines is 4. The average Bonchev–Trinajstić information content (AvgIpc) is 3.47. The summed E-state index contributed by atoms with van der Waals surface area (Å²) < 4.78 is 33.4. The van der Waals surface area contributed by atoms with Crippen LogP contribution in [0.3, 0.4) is 0 Å². The highest BCUT2D eigenvalue weighted by Crippen LogP contribution is 2.35. The highest BCUT2D eigenvalue weighted by Gasteiger charge is 2.30. The molecule has 238 valence electrons. The number of benzene rings is 2. The van der Waals surface area contributed by atoms with Crippen LogP contribution < -0.4 is 19.3 Å². The molecule has 2 saturated heterocycles. The molecule has 0 atom stereocenters. The zero-order chi connectivity index (χ0) is 31.7. The molecule has 1 amide bonds. The maximum atomic E-state index is 13.1. The third kappa shape index (κ3) is 6.40. The summed E-state index contributed by atoms with van der Waals surface area (Å²) in [7, 11) is 1.81. The average molecular weight is 633 g/mol. The van der Waals surface area contributed by atoms with Crippen LogP contribution in [-0.2, 0) is 14.8 Å². The maximum Gasteiger partial charge on any atom is 0.245 e. The highest BCUT2D eigenvalue weighted by molar-refractivity contribution is 7.92. The molecule has 2 aliphatic heterocycles. The summed E-state index contributed by atoms with van der Waals surface area (Å²) in [6.45, 7) is 5.13. The van der Waals surface area contributed by atoms with E-state index in [1.807, 2.05) is 53.4 Å². The number of ether oxygens (including phenoxy) is 1. The zero-order valence-corrected chi connectivity index (χ0v) is 27.0. The number of nitrogens with zero attached hydrogens (tertiary/aromatic N) is 7. The number of rotatable bonds is 8. The third-order valence-electron chi connectivity index (χ3n) is 8.87. The van der Waals surface area contributed by atoms with Crippen molar-refractivity contribution >= 4 is 44.5 Å². The Morgan fingerprint density at radius 1 is 1.00 bits per heavy atom. The Bertz CT molecular complexity index is 1790. The van der Waals surface area contributed by atoms with Crippen LogP contribution >= 0.6 is 0 Å². The van der Waals surface area contributed by atoms with Crippen molar-refractivity contribution in [3.63, 3.8) is 0 Å². The van der Waals surface area contributed by atoms with Crippen LogP contribution in [0.4, 0.5) is 23.0 Å². The molecule has 6 rings (SSSR count). The second-order valence-electron chi connectivity index (χ2n) is 11.8. The molecule has 2 aliphatic rings. The molecule has 0 spiro atoms. The van der Waals surface area contributed by atoms with Crippen LogP contribution in [-0.4, -0.2) is 105 Å². The number of piperidine rings is 1. The number of aromatic nitrogens is 3. The van der Waals surface area contributed by atoms with E-state index in [2.05, 4.69) is 27.1 Å². The fourth-order valence-corrected chi connectivity index (χ4v) is 6.59. The minimum Gasteiger partial charge on any atom is -0.494 e. The predicted octanol–water partition coefficient (Wildman–Crippen LogP) is 3.53. The zero-order valence-electron chi connectivity index (χ0n) is 26.2. The van der Waals surface area contributed by atoms with Crippen molar-refractivity contribution in [3.05, 3.63) is 60.8 Å². The number of para-hydroxylation sites is 1. The highest BCUT2D eigenvalue weighted by atomic mass is 32.2. The lowest BCUT2D eigenvalue weighted by molar-refractivity contribution is -0.137. The van der Waals surface area contributed by atoms with E-state index in [0.717, 1.165) is 74.6 Å². The molecule has 2 aromatic carbocycles. The van der Waals surface area contributed by atoms with E-state index >= 15 is 0 Å². The van der Waals surface area contributed by atoms with Gasteiger partial charge in [0.25, 0.3) is 0 Å². The van der Waals surface area contributed by atoms with Gasteiger partial charge in [0, 0.05) is 69.6 Å². The smallest absolute Gasteiger partial charge is 0.245 e. The fourth-order valence-electron chi connectivity index (χ4n) is 6.08. The lowest BCUT2D eigenvalue weighted by Crippen LogP contribution is -2.50. The van der Waals surface area contributed by atoms with Crippen molar-refractivity contribution < 1.29 is 17.9 Å². The summed E-state index contributed by atoms with van der Waals surface area (Å²) in [6, 6.07) is 17.1. The summed E-state index contributed by atoms with van der Waals surface area (Å²) in [4.78, 5) is 24.2. The van der Waals surface area contributed by atoms with Crippen molar-refractivity contribution in [2.24, 2.45) is 5.92 Å². The van der Waals surface area contributed by atoms with Crippen molar-refractivity contribution in [1.82, 2.24) is 24.4 Å². The van der Waals surface area contributed by atoms with Gasteiger partial charge in [-0.2, -0.15) is 0 Å². The maximum absolute atomic E-state index is 13.1. The van der Waals surface area contributed by atoms with E-state index < -0.39 is 10.0 Å². The largest absolute Gasteiger partial charge is 0.494 e. The normalized spacial score (nSPS) is 16.6. The van der Waals surface area contributed by atoms with Gasteiger partial charge >= 0.3 is 0 Å². The number of fused-ring (bicyclic) bond motifs is 1. The van der Waals surface area contributed by atoms with Crippen LogP contribution in [0.2, 0.25) is 0 Å². The number of amides is 1. The molecule has 4 aromatic rings. The molecule has 0 unspecified atom stereocenters. The van der Waals surface area contributed by atoms with Crippen molar-refractivity contribution in [2.45, 2.75) is 12.8 Å². The molecule has 1 N–H and O–H groups in total. The van der Waals surface area contributed by atoms with Gasteiger partial charge in [0.2, 0.25) is 21.9 Å². The standard InChI is InChI=1S/C32H40N8O4S/c1-36-17-19-39(20-18-36)31(41)23-13-15-38(16-14-23)24-9-11-27(30(21-24)44-3)34-32-33-22-25-10-12-29(40(25)35-32)26-7-5-6-8-28(26)37(2)45(4,42)43/h5-12,21-23H,13-20H2,1-4H3,(H,34,35). The second-order valence-corrected chi connectivity index (χ2v) is 13.8. The monoisotopic (exact) mass is 632 g/mol. The van der Waals surface area contributed by atoms with Crippen molar-refractivity contribution in [2.75, 3.05) is 81.3 Å². The predicted molar refractivity (Wildman–Crippen MR) is 177 cm³/mol. The Morgan fingerprint density at radius 3 is 2.44 bits per heavy atom. The Labute approximate surface area is 264 Å². The first-order chi connectivity index (χ1) is 21.6. The number of carbonyl (C=O) groups is 1. The summed E-state index contributed by atoms with van der Waals surface area (Å²) in [6.07, 6.45) is 4.57. The Kier molecular flexibility index (Phi) is 8.56. The Balaban J connectivity index is 1.18. The SMILES string of the molecule is COc1cc(N2CCC(C(=O)N3CCN(C)CC3)CC2)ccc1Nc1ncc2ccc(-c3ccccc3N(C)S(C)(=O)=O)n2n1. The molecule has 4 heterocycles. The molecule has 0 radical (unpaired) electrons. The van der Waals surface area contributed by atoms with Crippen LogP contribution in [0.1, 0.15) is 12.8 Å². The first kappa shape index (κ1) is 30.7. The molecule has 45 heavy (non-hydrogen) atoms. The van der Waals surface area contributed by atoms with E-state index in [4.69, 9.17) is 9.84 Å². The van der Waals surface area contributed by atoms with Crippen molar-refractivity contribution in [3.8, 4) is 17.0 Å². The molecule has 0 saturated carbocycles. The van der Waals surface area contributed by atoms with Gasteiger partial charge in [-0.05, 0) is 50.2 Å². The van der Waals surface area contributed by atoms with E-state index in [-0.39, 0.29) is 5.92 Å². The quantitative estimate of drug-likeness (QED) is 0.312. The lowest BCUT2D eigenvalue weighted by Gasteiger charge is -2.38. The molecular formula is C32H40N8O4S. The summed E-state index contributed by atoms with van der Waals surface area (Å²) >= 11 is 0.